The van der Waals surface area contributed by atoms with E-state index in [1.165, 1.54) is 0 Å². The molecular weight excluding hydrogens is 406 g/mol. The molecule has 1 amide bonds. The fourth-order valence-corrected chi connectivity index (χ4v) is 3.71. The van der Waals surface area contributed by atoms with Gasteiger partial charge in [-0.2, -0.15) is 0 Å². The summed E-state index contributed by atoms with van der Waals surface area (Å²) in [6.07, 6.45) is 2.58. The second-order valence-electron chi connectivity index (χ2n) is 6.18. The number of carbonyl (C=O) groups is 2. The van der Waals surface area contributed by atoms with E-state index in [0.717, 1.165) is 11.8 Å². The van der Waals surface area contributed by atoms with E-state index >= 15 is 0 Å². The Bertz CT molecular complexity index is 888. The van der Waals surface area contributed by atoms with Crippen LogP contribution in [0.3, 0.4) is 0 Å². The molecule has 0 saturated heterocycles. The maximum atomic E-state index is 12.4. The Morgan fingerprint density at radius 1 is 1.10 bits per heavy atom. The second kappa shape index (κ2) is 11.4. The number of aliphatic imine (C=N–C) groups is 1. The van der Waals surface area contributed by atoms with Gasteiger partial charge in [0.05, 0.1) is 24.7 Å². The first-order chi connectivity index (χ1) is 14.4. The van der Waals surface area contributed by atoms with Gasteiger partial charge in [-0.05, 0) is 45.4 Å². The summed E-state index contributed by atoms with van der Waals surface area (Å²) in [5.41, 5.74) is 0.597. The van der Waals surface area contributed by atoms with Crippen molar-refractivity contribution in [3.63, 3.8) is 0 Å². The monoisotopic (exact) mass is 433 g/mol. The summed E-state index contributed by atoms with van der Waals surface area (Å²) in [7, 11) is 0. The smallest absolute Gasteiger partial charge is 0.344 e. The van der Waals surface area contributed by atoms with Gasteiger partial charge in [0.2, 0.25) is 5.91 Å². The van der Waals surface area contributed by atoms with Gasteiger partial charge in [-0.25, -0.2) is 9.79 Å². The first-order valence-electron chi connectivity index (χ1n) is 9.96. The van der Waals surface area contributed by atoms with Gasteiger partial charge in [-0.1, -0.05) is 18.7 Å². The lowest BCUT2D eigenvalue weighted by Crippen LogP contribution is -2.14. The highest BCUT2D eigenvalue weighted by Crippen LogP contribution is 2.40. The van der Waals surface area contributed by atoms with Gasteiger partial charge in [-0.3, -0.25) is 4.79 Å². The van der Waals surface area contributed by atoms with Crippen LogP contribution in [0.15, 0.2) is 39.4 Å². The Kier molecular flexibility index (Phi) is 8.98. The fraction of sp³-hybridized carbons (Fsp3) is 0.409. The summed E-state index contributed by atoms with van der Waals surface area (Å²) in [6.45, 7) is 8.42. The summed E-state index contributed by atoms with van der Waals surface area (Å²) in [4.78, 5) is 28.8. The van der Waals surface area contributed by atoms with E-state index in [-0.39, 0.29) is 35.3 Å². The normalized spacial score (nSPS) is 16.3. The number of hydrogen-bond acceptors (Lipinski definition) is 7. The molecule has 0 aliphatic carbocycles. The van der Waals surface area contributed by atoms with Crippen LogP contribution < -0.4 is 9.47 Å². The Morgan fingerprint density at radius 3 is 2.47 bits per heavy atom. The zero-order valence-corrected chi connectivity index (χ0v) is 18.5. The van der Waals surface area contributed by atoms with Gasteiger partial charge in [-0.15, -0.1) is 0 Å². The molecule has 1 aliphatic heterocycles. The highest BCUT2D eigenvalue weighted by atomic mass is 32.2. The van der Waals surface area contributed by atoms with Gasteiger partial charge in [0.15, 0.2) is 0 Å². The van der Waals surface area contributed by atoms with Gasteiger partial charge in [0.25, 0.3) is 0 Å². The zero-order valence-electron chi connectivity index (χ0n) is 17.7. The fourth-order valence-electron chi connectivity index (χ4n) is 2.69. The van der Waals surface area contributed by atoms with E-state index in [9.17, 15) is 14.7 Å². The third-order valence-corrected chi connectivity index (χ3v) is 4.96. The topological polar surface area (TPSA) is 94.4 Å². The van der Waals surface area contributed by atoms with E-state index in [1.807, 2.05) is 20.8 Å². The van der Waals surface area contributed by atoms with Crippen molar-refractivity contribution in [1.29, 1.82) is 0 Å². The number of thioether (sulfide) groups is 1. The van der Waals surface area contributed by atoms with Crippen molar-refractivity contribution in [3.05, 3.63) is 40.0 Å². The minimum atomic E-state index is -0.717. The number of carbonyl (C=O) groups excluding carboxylic acids is 2. The maximum absolute atomic E-state index is 12.4. The van der Waals surface area contributed by atoms with Crippen molar-refractivity contribution in [1.82, 2.24) is 0 Å². The third-order valence-electron chi connectivity index (χ3n) is 3.94. The molecule has 0 radical (unpaired) electrons. The summed E-state index contributed by atoms with van der Waals surface area (Å²) in [5.74, 6) is -0.0912. The van der Waals surface area contributed by atoms with Crippen molar-refractivity contribution in [2.45, 2.75) is 40.5 Å². The van der Waals surface area contributed by atoms with Crippen LogP contribution in [-0.2, 0) is 14.3 Å². The predicted octanol–water partition coefficient (Wildman–Crippen LogP) is 4.67. The van der Waals surface area contributed by atoms with Crippen LogP contribution in [0.2, 0.25) is 0 Å². The van der Waals surface area contributed by atoms with Crippen LogP contribution >= 0.6 is 11.8 Å². The predicted molar refractivity (Wildman–Crippen MR) is 118 cm³/mol. The molecule has 0 spiro atoms. The lowest BCUT2D eigenvalue weighted by Gasteiger charge is -2.11. The molecule has 1 aromatic carbocycles. The molecule has 162 valence electrons. The summed E-state index contributed by atoms with van der Waals surface area (Å²) < 4.78 is 16.3. The number of benzene rings is 1. The summed E-state index contributed by atoms with van der Waals surface area (Å²) >= 11 is 1.05. The molecule has 2 rings (SSSR count). The molecule has 1 N–H and O–H groups in total. The maximum Gasteiger partial charge on any atom is 0.344 e. The highest BCUT2D eigenvalue weighted by Gasteiger charge is 2.33. The SMILES string of the molecule is CCCC(=O)N=C1S/C(=C\c2ccc(OCC)cc2OCC)C(O)=C1C(=O)OCC. The molecule has 1 heterocycles. The van der Waals surface area contributed by atoms with E-state index < -0.39 is 5.97 Å². The molecular formula is C22H27NO6S. The minimum Gasteiger partial charge on any atom is -0.506 e. The molecule has 0 unspecified atom stereocenters. The van der Waals surface area contributed by atoms with Crippen LogP contribution in [-0.4, -0.2) is 41.8 Å². The standard InChI is InChI=1S/C22H27NO6S/c1-5-9-18(24)23-21-19(22(26)29-8-4)20(25)17(30-21)12-14-10-11-15(27-6-2)13-16(14)28-7-3/h10-13,25H,5-9H2,1-4H3/b17-12-,23-21?. The van der Waals surface area contributed by atoms with Crippen molar-refractivity contribution in [2.75, 3.05) is 19.8 Å². The van der Waals surface area contributed by atoms with Crippen molar-refractivity contribution in [2.24, 2.45) is 4.99 Å². The van der Waals surface area contributed by atoms with Gasteiger partial charge in [0, 0.05) is 18.1 Å². The van der Waals surface area contributed by atoms with Crippen LogP contribution in [0.1, 0.15) is 46.1 Å². The average molecular weight is 434 g/mol. The number of ether oxygens (including phenoxy) is 3. The van der Waals surface area contributed by atoms with Crippen LogP contribution in [0, 0.1) is 0 Å². The lowest BCUT2D eigenvalue weighted by atomic mass is 10.1. The van der Waals surface area contributed by atoms with Crippen LogP contribution in [0.5, 0.6) is 11.5 Å². The Balaban J connectivity index is 2.49. The third kappa shape index (κ3) is 5.89. The quantitative estimate of drug-likeness (QED) is 0.565. The summed E-state index contributed by atoms with van der Waals surface area (Å²) in [5, 5.41) is 10.9. The highest BCUT2D eigenvalue weighted by molar-refractivity contribution is 8.18. The Hall–Kier alpha value is -2.74. The molecule has 0 fully saturated rings. The average Bonchev–Trinajstić information content (AvgIpc) is 2.99. The van der Waals surface area contributed by atoms with Crippen molar-refractivity contribution < 1.29 is 28.9 Å². The number of esters is 1. The lowest BCUT2D eigenvalue weighted by molar-refractivity contribution is -0.138. The van der Waals surface area contributed by atoms with Crippen molar-refractivity contribution in [3.8, 4) is 11.5 Å². The largest absolute Gasteiger partial charge is 0.506 e. The van der Waals surface area contributed by atoms with Crippen LogP contribution in [0.4, 0.5) is 0 Å². The van der Waals surface area contributed by atoms with Crippen LogP contribution in [0.25, 0.3) is 6.08 Å². The minimum absolute atomic E-state index is 0.0959. The summed E-state index contributed by atoms with van der Waals surface area (Å²) in [6, 6.07) is 5.37. The zero-order chi connectivity index (χ0) is 22.1. The molecule has 1 aliphatic rings. The van der Waals surface area contributed by atoms with E-state index in [4.69, 9.17) is 14.2 Å². The molecule has 7 nitrogen and oxygen atoms in total. The Morgan fingerprint density at radius 2 is 1.83 bits per heavy atom. The number of hydrogen-bond donors (Lipinski definition) is 1. The number of nitrogens with zero attached hydrogens (tertiary/aromatic N) is 1. The first kappa shape index (κ1) is 23.5. The molecule has 8 heteroatoms. The molecule has 0 atom stereocenters. The number of aliphatic hydroxyl groups excluding tert-OH is 1. The van der Waals surface area contributed by atoms with Gasteiger partial charge >= 0.3 is 5.97 Å². The number of aliphatic hydroxyl groups is 1. The first-order valence-corrected chi connectivity index (χ1v) is 10.8. The molecule has 0 saturated carbocycles. The molecule has 1 aromatic rings. The molecule has 0 aromatic heterocycles. The second-order valence-corrected chi connectivity index (χ2v) is 7.21. The number of amides is 1. The van der Waals surface area contributed by atoms with E-state index in [2.05, 4.69) is 4.99 Å². The van der Waals surface area contributed by atoms with Gasteiger partial charge in [0.1, 0.15) is 27.9 Å². The number of rotatable bonds is 9. The van der Waals surface area contributed by atoms with E-state index in [1.54, 1.807) is 31.2 Å². The molecule has 0 bridgehead atoms. The van der Waals surface area contributed by atoms with E-state index in [0.29, 0.717) is 41.6 Å². The molecule has 30 heavy (non-hydrogen) atoms. The van der Waals surface area contributed by atoms with Crippen molar-refractivity contribution >= 4 is 34.8 Å². The van der Waals surface area contributed by atoms with Gasteiger partial charge < -0.3 is 19.3 Å². The Labute approximate surface area is 180 Å².